The van der Waals surface area contributed by atoms with Crippen LogP contribution < -0.4 is 15.4 Å². The Kier molecular flexibility index (Phi) is 9.86. The minimum atomic E-state index is -3.63. The van der Waals surface area contributed by atoms with Gasteiger partial charge in [0.25, 0.3) is 0 Å². The quantitative estimate of drug-likeness (QED) is 0.132. The number of pyridine rings is 1. The van der Waals surface area contributed by atoms with Crippen molar-refractivity contribution in [3.63, 3.8) is 0 Å². The maximum Gasteiger partial charge on any atom is 0.196 e. The minimum Gasteiger partial charge on any atom is -0.488 e. The summed E-state index contributed by atoms with van der Waals surface area (Å²) in [7, 11) is -3.63. The van der Waals surface area contributed by atoms with Gasteiger partial charge in [-0.2, -0.15) is 0 Å². The van der Waals surface area contributed by atoms with Gasteiger partial charge in [-0.05, 0) is 66.6 Å². The molecule has 1 aliphatic rings. The molecule has 3 heterocycles. The number of halogens is 3. The van der Waals surface area contributed by atoms with Crippen molar-refractivity contribution < 1.29 is 26.7 Å². The molecule has 2 aromatic heterocycles. The van der Waals surface area contributed by atoms with Crippen LogP contribution in [0.5, 0.6) is 5.75 Å². The largest absolute Gasteiger partial charge is 0.488 e. The van der Waals surface area contributed by atoms with E-state index in [4.69, 9.17) is 21.1 Å². The van der Waals surface area contributed by atoms with Crippen LogP contribution in [0.2, 0.25) is 5.02 Å². The van der Waals surface area contributed by atoms with Gasteiger partial charge in [0.15, 0.2) is 20.5 Å². The highest BCUT2D eigenvalue weighted by Gasteiger charge is 2.45. The number of hydrogen-bond donors (Lipinski definition) is 2. The molecule has 0 amide bonds. The summed E-state index contributed by atoms with van der Waals surface area (Å²) < 4.78 is 67.2. The van der Waals surface area contributed by atoms with Crippen LogP contribution in [0.4, 0.5) is 20.3 Å². The van der Waals surface area contributed by atoms with Gasteiger partial charge in [0.1, 0.15) is 36.1 Å². The normalized spacial score (nSPS) is 16.5. The molecule has 2 unspecified atom stereocenters. The van der Waals surface area contributed by atoms with E-state index >= 15 is 4.39 Å². The highest BCUT2D eigenvalue weighted by Crippen LogP contribution is 2.42. The molecule has 2 atom stereocenters. The Bertz CT molecular complexity index is 2060. The number of benzene rings is 3. The third-order valence-corrected chi connectivity index (χ3v) is 10.1. The van der Waals surface area contributed by atoms with Gasteiger partial charge in [-0.3, -0.25) is 0 Å². The van der Waals surface area contributed by atoms with Gasteiger partial charge in [0.2, 0.25) is 0 Å². The highest BCUT2D eigenvalue weighted by molar-refractivity contribution is 7.91. The minimum absolute atomic E-state index is 0.00118. The molecule has 13 heteroatoms. The summed E-state index contributed by atoms with van der Waals surface area (Å²) in [6.45, 7) is 2.18. The lowest BCUT2D eigenvalue weighted by molar-refractivity contribution is -0.00140. The van der Waals surface area contributed by atoms with Crippen molar-refractivity contribution in [3.05, 3.63) is 125 Å². The molecular weight excluding hydrogens is 660 g/mol. The molecule has 248 valence electrons. The second-order valence-electron chi connectivity index (χ2n) is 11.2. The van der Waals surface area contributed by atoms with Crippen LogP contribution in [0, 0.1) is 11.6 Å². The molecule has 0 radical (unpaired) electrons. The lowest BCUT2D eigenvalue weighted by Gasteiger charge is -2.38. The van der Waals surface area contributed by atoms with E-state index in [1.165, 1.54) is 36.8 Å². The van der Waals surface area contributed by atoms with E-state index in [-0.39, 0.29) is 35.3 Å². The third kappa shape index (κ3) is 7.10. The second-order valence-corrected chi connectivity index (χ2v) is 13.7. The number of anilines is 2. The molecule has 5 aromatic rings. The fraction of sp³-hybridized carbons (Fsp3) is 0.229. The van der Waals surface area contributed by atoms with Gasteiger partial charge >= 0.3 is 0 Å². The van der Waals surface area contributed by atoms with E-state index in [9.17, 15) is 12.8 Å². The van der Waals surface area contributed by atoms with Crippen molar-refractivity contribution in [1.29, 1.82) is 0 Å². The molecule has 1 aliphatic heterocycles. The Morgan fingerprint density at radius 1 is 1.04 bits per heavy atom. The molecule has 6 rings (SSSR count). The summed E-state index contributed by atoms with van der Waals surface area (Å²) in [5.41, 5.74) is 0.763. The number of aromatic nitrogens is 3. The third-order valence-electron chi connectivity index (χ3n) is 8.14. The molecular formula is C35H32ClF2N5O4S. The van der Waals surface area contributed by atoms with Crippen molar-refractivity contribution >= 4 is 43.8 Å². The zero-order chi connectivity index (χ0) is 33.7. The average molecular weight is 692 g/mol. The van der Waals surface area contributed by atoms with Gasteiger partial charge < -0.3 is 20.1 Å². The van der Waals surface area contributed by atoms with Crippen LogP contribution in [0.25, 0.3) is 10.9 Å². The molecule has 48 heavy (non-hydrogen) atoms. The highest BCUT2D eigenvalue weighted by atomic mass is 35.5. The van der Waals surface area contributed by atoms with E-state index in [1.807, 2.05) is 13.0 Å². The summed E-state index contributed by atoms with van der Waals surface area (Å²) in [6.07, 6.45) is 7.01. The Morgan fingerprint density at radius 2 is 1.92 bits per heavy atom. The number of rotatable bonds is 13. The van der Waals surface area contributed by atoms with Crippen LogP contribution in [0.3, 0.4) is 0 Å². The first-order valence-electron chi connectivity index (χ1n) is 15.3. The van der Waals surface area contributed by atoms with Crippen molar-refractivity contribution in [2.24, 2.45) is 0 Å². The van der Waals surface area contributed by atoms with Crippen molar-refractivity contribution in [3.8, 4) is 5.75 Å². The molecule has 2 N–H and O–H groups in total. The summed E-state index contributed by atoms with van der Waals surface area (Å²) in [5, 5.41) is 7.43. The Labute approximate surface area is 281 Å². The van der Waals surface area contributed by atoms with E-state index in [0.717, 1.165) is 0 Å². The number of nitrogens with zero attached hydrogens (tertiary/aromatic N) is 3. The summed E-state index contributed by atoms with van der Waals surface area (Å²) in [4.78, 5) is 12.7. The number of ether oxygens (including phenoxy) is 2. The molecule has 0 fully saturated rings. The molecule has 0 saturated heterocycles. The van der Waals surface area contributed by atoms with Gasteiger partial charge in [-0.25, -0.2) is 32.2 Å². The maximum absolute atomic E-state index is 15.9. The first-order chi connectivity index (χ1) is 23.2. The van der Waals surface area contributed by atoms with Gasteiger partial charge in [0.05, 0.1) is 28.6 Å². The molecule has 0 bridgehead atoms. The number of hydrogen-bond acceptors (Lipinski definition) is 9. The maximum atomic E-state index is 15.9. The topological polar surface area (TPSA) is 115 Å². The summed E-state index contributed by atoms with van der Waals surface area (Å²) in [5.74, 6) is -0.225. The summed E-state index contributed by atoms with van der Waals surface area (Å²) >= 11 is 6.52. The molecule has 0 aliphatic carbocycles. The van der Waals surface area contributed by atoms with E-state index < -0.39 is 27.3 Å². The van der Waals surface area contributed by atoms with Crippen LogP contribution in [0.15, 0.2) is 103 Å². The summed E-state index contributed by atoms with van der Waals surface area (Å²) in [6, 6.07) is 18.6. The smallest absolute Gasteiger partial charge is 0.196 e. The lowest BCUT2D eigenvalue weighted by Crippen LogP contribution is -2.49. The zero-order valence-corrected chi connectivity index (χ0v) is 27.4. The first kappa shape index (κ1) is 33.3. The SMILES string of the molecule is CCC(NCCS(=O)(=O)c1ccccn1)C1(c2cc3c(Nc4ccc(OCc5cccc(F)c5)c(Cl)c4)ncnc3cc2F)CC=CO1. The van der Waals surface area contributed by atoms with E-state index in [0.29, 0.717) is 51.6 Å². The van der Waals surface area contributed by atoms with Crippen molar-refractivity contribution in [2.75, 3.05) is 17.6 Å². The van der Waals surface area contributed by atoms with Crippen molar-refractivity contribution in [2.45, 2.75) is 43.0 Å². The van der Waals surface area contributed by atoms with E-state index in [1.54, 1.807) is 54.8 Å². The molecule has 3 aromatic carbocycles. The Hall–Kier alpha value is -4.65. The standard InChI is InChI=1S/C35H32ClF2N5O4S/c1-2-32(39-14-16-48(44,45)33-9-3-4-13-40-33)35(12-6-15-47-35)27-19-26-30(20-29(27)38)41-22-42-34(26)43-25-10-11-31(28(36)18-25)46-21-23-7-5-8-24(37)17-23/h3-11,13,15,17-20,22,32,39H,2,12,14,16,21H2,1H3,(H,41,42,43). The van der Waals surface area contributed by atoms with Gasteiger partial charge in [-0.15, -0.1) is 0 Å². The number of nitrogens with one attached hydrogen (secondary N) is 2. The van der Waals surface area contributed by atoms with Crippen LogP contribution >= 0.6 is 11.6 Å². The first-order valence-corrected chi connectivity index (χ1v) is 17.3. The molecule has 9 nitrogen and oxygen atoms in total. The number of fused-ring (bicyclic) bond motifs is 1. The zero-order valence-electron chi connectivity index (χ0n) is 25.9. The van der Waals surface area contributed by atoms with E-state index in [2.05, 4.69) is 25.6 Å². The molecule has 0 saturated carbocycles. The van der Waals surface area contributed by atoms with Crippen molar-refractivity contribution in [1.82, 2.24) is 20.3 Å². The number of sulfone groups is 1. The Morgan fingerprint density at radius 3 is 2.65 bits per heavy atom. The predicted molar refractivity (Wildman–Crippen MR) is 180 cm³/mol. The lowest BCUT2D eigenvalue weighted by atomic mass is 9.81. The Balaban J connectivity index is 1.24. The fourth-order valence-corrected chi connectivity index (χ4v) is 7.13. The van der Waals surface area contributed by atoms with Gasteiger partial charge in [-0.1, -0.05) is 36.7 Å². The predicted octanol–water partition coefficient (Wildman–Crippen LogP) is 7.25. The average Bonchev–Trinajstić information content (AvgIpc) is 3.57. The molecule has 0 spiro atoms. The fourth-order valence-electron chi connectivity index (χ4n) is 5.79. The van der Waals surface area contributed by atoms with Gasteiger partial charge in [0, 0.05) is 41.9 Å². The second kappa shape index (κ2) is 14.2. The van der Waals surface area contributed by atoms with Crippen LogP contribution in [0.1, 0.15) is 30.9 Å². The van der Waals surface area contributed by atoms with Crippen LogP contribution in [-0.4, -0.2) is 41.7 Å². The monoisotopic (exact) mass is 691 g/mol. The van der Waals surface area contributed by atoms with Crippen LogP contribution in [-0.2, 0) is 26.8 Å².